The first-order valence-electron chi connectivity index (χ1n) is 9.97. The Labute approximate surface area is 168 Å². The maximum absolute atomic E-state index is 12.4. The van der Waals surface area contributed by atoms with Crippen LogP contribution in [0.3, 0.4) is 0 Å². The topological polar surface area (TPSA) is 129 Å². The molecule has 0 radical (unpaired) electrons. The van der Waals surface area contributed by atoms with Gasteiger partial charge in [0.25, 0.3) is 6.47 Å². The van der Waals surface area contributed by atoms with E-state index in [1.165, 1.54) is 0 Å². The Hall–Kier alpha value is -1.71. The van der Waals surface area contributed by atoms with Crippen molar-refractivity contribution in [2.75, 3.05) is 6.61 Å². The molecule has 2 N–H and O–H groups in total. The van der Waals surface area contributed by atoms with E-state index in [4.69, 9.17) is 18.9 Å². The number of ether oxygens (including phenoxy) is 4. The second-order valence-electron chi connectivity index (χ2n) is 9.93. The van der Waals surface area contributed by atoms with Crippen LogP contribution in [0.25, 0.3) is 0 Å². The molecule has 4 aliphatic rings. The first kappa shape index (κ1) is 20.6. The molecule has 0 aromatic carbocycles. The molecule has 3 aliphatic heterocycles. The van der Waals surface area contributed by atoms with Crippen molar-refractivity contribution in [2.24, 2.45) is 28.1 Å². The standard InChI is InChI=1S/C20H28O9/c1-9-5-10(28-16(9)25)14(24)20-7-26-17-19(20,6-11(22)29-17)13(18(2,3)4)12(23)15(20)27-8-21/h8-10,12-15,17,23-24H,5-7H2,1-4H3/t9-,10?,12+,13-,14-,15?,17?,19?,20?/m0/s1. The molecule has 9 nitrogen and oxygen atoms in total. The van der Waals surface area contributed by atoms with Crippen LogP contribution < -0.4 is 0 Å². The monoisotopic (exact) mass is 412 g/mol. The van der Waals surface area contributed by atoms with Gasteiger partial charge in [-0.05, 0) is 11.8 Å². The minimum Gasteiger partial charge on any atom is -0.461 e. The molecular formula is C20H28O9. The number of esters is 2. The maximum atomic E-state index is 12.4. The molecule has 0 aromatic heterocycles. The molecule has 1 aliphatic carbocycles. The second kappa shape index (κ2) is 6.39. The van der Waals surface area contributed by atoms with Gasteiger partial charge >= 0.3 is 11.9 Å². The second-order valence-corrected chi connectivity index (χ2v) is 9.93. The Kier molecular flexibility index (Phi) is 4.53. The normalized spacial score (nSPS) is 47.4. The van der Waals surface area contributed by atoms with Gasteiger partial charge in [0.2, 0.25) is 6.29 Å². The fourth-order valence-corrected chi connectivity index (χ4v) is 6.54. The van der Waals surface area contributed by atoms with E-state index in [-0.39, 0.29) is 25.9 Å². The molecule has 0 bridgehead atoms. The molecule has 5 unspecified atom stereocenters. The van der Waals surface area contributed by atoms with E-state index < -0.39 is 70.7 Å². The molecule has 3 saturated heterocycles. The third-order valence-electron chi connectivity index (χ3n) is 7.42. The van der Waals surface area contributed by atoms with Crippen LogP contribution in [0.1, 0.15) is 40.5 Å². The van der Waals surface area contributed by atoms with Gasteiger partial charge in [-0.3, -0.25) is 14.4 Å². The molecule has 162 valence electrons. The lowest BCUT2D eigenvalue weighted by Crippen LogP contribution is -2.59. The first-order chi connectivity index (χ1) is 13.5. The van der Waals surface area contributed by atoms with E-state index in [1.807, 2.05) is 20.8 Å². The van der Waals surface area contributed by atoms with Crippen LogP contribution in [0.5, 0.6) is 0 Å². The van der Waals surface area contributed by atoms with E-state index in [0.717, 1.165) is 0 Å². The number of aliphatic hydroxyl groups excluding tert-OH is 2. The van der Waals surface area contributed by atoms with Crippen LogP contribution in [0.2, 0.25) is 0 Å². The summed E-state index contributed by atoms with van der Waals surface area (Å²) in [5.74, 6) is -1.90. The van der Waals surface area contributed by atoms with Crippen molar-refractivity contribution in [1.29, 1.82) is 0 Å². The van der Waals surface area contributed by atoms with E-state index >= 15 is 0 Å². The summed E-state index contributed by atoms with van der Waals surface area (Å²) >= 11 is 0. The quantitative estimate of drug-likeness (QED) is 0.377. The van der Waals surface area contributed by atoms with Gasteiger partial charge in [0, 0.05) is 5.92 Å². The number of hydrogen-bond acceptors (Lipinski definition) is 9. The number of hydrogen-bond donors (Lipinski definition) is 2. The van der Waals surface area contributed by atoms with Gasteiger partial charge in [-0.15, -0.1) is 0 Å². The third-order valence-corrected chi connectivity index (χ3v) is 7.42. The van der Waals surface area contributed by atoms with Gasteiger partial charge in [-0.1, -0.05) is 27.7 Å². The maximum Gasteiger partial charge on any atom is 0.309 e. The Morgan fingerprint density at radius 3 is 2.52 bits per heavy atom. The molecule has 4 fully saturated rings. The van der Waals surface area contributed by atoms with Crippen molar-refractivity contribution in [3.63, 3.8) is 0 Å². The SMILES string of the molecule is C[C@H]1CC([C@H](O)C23COC4OC(=O)CC42[C@H](C(C)(C)C)[C@@H](O)C3OC=O)OC1=O. The smallest absolute Gasteiger partial charge is 0.309 e. The minimum absolute atomic E-state index is 0.0946. The minimum atomic E-state index is -1.36. The van der Waals surface area contributed by atoms with Gasteiger partial charge < -0.3 is 29.2 Å². The third kappa shape index (κ3) is 2.47. The zero-order valence-electron chi connectivity index (χ0n) is 17.0. The van der Waals surface area contributed by atoms with E-state index in [0.29, 0.717) is 0 Å². The molecule has 4 rings (SSSR count). The lowest BCUT2D eigenvalue weighted by Gasteiger charge is -2.47. The van der Waals surface area contributed by atoms with Crippen LogP contribution in [0, 0.1) is 28.1 Å². The van der Waals surface area contributed by atoms with E-state index in [1.54, 1.807) is 6.92 Å². The highest BCUT2D eigenvalue weighted by molar-refractivity contribution is 5.75. The Morgan fingerprint density at radius 2 is 1.97 bits per heavy atom. The highest BCUT2D eigenvalue weighted by atomic mass is 16.7. The summed E-state index contributed by atoms with van der Waals surface area (Å²) in [5.41, 5.74) is -3.03. The fourth-order valence-electron chi connectivity index (χ4n) is 6.54. The molecule has 29 heavy (non-hydrogen) atoms. The van der Waals surface area contributed by atoms with Crippen molar-refractivity contribution >= 4 is 18.4 Å². The van der Waals surface area contributed by atoms with Gasteiger partial charge in [-0.2, -0.15) is 0 Å². The van der Waals surface area contributed by atoms with Crippen LogP contribution in [-0.4, -0.2) is 65.9 Å². The predicted molar refractivity (Wildman–Crippen MR) is 94.9 cm³/mol. The summed E-state index contributed by atoms with van der Waals surface area (Å²) in [6.07, 6.45) is -5.29. The summed E-state index contributed by atoms with van der Waals surface area (Å²) in [4.78, 5) is 35.7. The molecule has 0 amide bonds. The largest absolute Gasteiger partial charge is 0.461 e. The van der Waals surface area contributed by atoms with Crippen molar-refractivity contribution in [1.82, 2.24) is 0 Å². The predicted octanol–water partition coefficient (Wildman–Crippen LogP) is 0.153. The van der Waals surface area contributed by atoms with Crippen LogP contribution in [0.15, 0.2) is 0 Å². The molecule has 9 atom stereocenters. The Balaban J connectivity index is 1.89. The zero-order chi connectivity index (χ0) is 21.4. The molecular weight excluding hydrogens is 384 g/mol. The summed E-state index contributed by atoms with van der Waals surface area (Å²) < 4.78 is 22.0. The van der Waals surface area contributed by atoms with Crippen molar-refractivity contribution in [3.8, 4) is 0 Å². The molecule has 1 spiro atoms. The Bertz CT molecular complexity index is 730. The highest BCUT2D eigenvalue weighted by Crippen LogP contribution is 2.72. The lowest BCUT2D eigenvalue weighted by molar-refractivity contribution is -0.180. The van der Waals surface area contributed by atoms with Crippen LogP contribution >= 0.6 is 0 Å². The van der Waals surface area contributed by atoms with Crippen molar-refractivity contribution in [3.05, 3.63) is 0 Å². The van der Waals surface area contributed by atoms with Crippen LogP contribution in [0.4, 0.5) is 0 Å². The number of cyclic esters (lactones) is 1. The average Bonchev–Trinajstić information content (AvgIpc) is 3.26. The van der Waals surface area contributed by atoms with Gasteiger partial charge in [-0.25, -0.2) is 0 Å². The number of carbonyl (C=O) groups excluding carboxylic acids is 3. The Morgan fingerprint density at radius 1 is 1.28 bits per heavy atom. The van der Waals surface area contributed by atoms with E-state index in [9.17, 15) is 24.6 Å². The highest BCUT2D eigenvalue weighted by Gasteiger charge is 2.84. The summed E-state index contributed by atoms with van der Waals surface area (Å²) in [6.45, 7) is 7.56. The van der Waals surface area contributed by atoms with Gasteiger partial charge in [0.1, 0.15) is 18.3 Å². The van der Waals surface area contributed by atoms with E-state index in [2.05, 4.69) is 0 Å². The van der Waals surface area contributed by atoms with Gasteiger partial charge in [0.15, 0.2) is 0 Å². The fraction of sp³-hybridized carbons (Fsp3) is 0.850. The van der Waals surface area contributed by atoms with Crippen molar-refractivity contribution in [2.45, 2.75) is 71.2 Å². The number of aliphatic hydroxyl groups is 2. The lowest BCUT2D eigenvalue weighted by atomic mass is 9.54. The summed E-state index contributed by atoms with van der Waals surface area (Å²) in [5, 5.41) is 22.8. The number of rotatable bonds is 4. The van der Waals surface area contributed by atoms with Gasteiger partial charge in [0.05, 0.1) is 35.9 Å². The summed E-state index contributed by atoms with van der Waals surface area (Å²) in [6, 6.07) is 0. The van der Waals surface area contributed by atoms with Crippen LogP contribution in [-0.2, 0) is 33.3 Å². The molecule has 3 heterocycles. The zero-order valence-corrected chi connectivity index (χ0v) is 17.0. The molecule has 0 aromatic rings. The summed E-state index contributed by atoms with van der Waals surface area (Å²) in [7, 11) is 0. The number of carbonyl (C=O) groups is 3. The molecule has 9 heteroatoms. The molecule has 1 saturated carbocycles. The first-order valence-corrected chi connectivity index (χ1v) is 9.97. The average molecular weight is 412 g/mol. The van der Waals surface area contributed by atoms with Crippen molar-refractivity contribution < 1.29 is 43.5 Å².